The second-order valence-electron chi connectivity index (χ2n) is 4.30. The summed E-state index contributed by atoms with van der Waals surface area (Å²) in [6.07, 6.45) is 1.09. The molecule has 0 aliphatic heterocycles. The Kier molecular flexibility index (Phi) is 1.43. The van der Waals surface area contributed by atoms with Crippen molar-refractivity contribution in [1.29, 1.82) is 0 Å². The fraction of sp³-hybridized carbons (Fsp3) is 0.667. The first-order valence-electron chi connectivity index (χ1n) is 4.17. The number of rotatable bonds is 1. The van der Waals surface area contributed by atoms with E-state index in [2.05, 4.69) is 18.8 Å². The summed E-state index contributed by atoms with van der Waals surface area (Å²) in [5, 5.41) is 0. The van der Waals surface area contributed by atoms with Gasteiger partial charge in [0, 0.05) is 4.88 Å². The maximum absolute atomic E-state index is 6.26. The first-order valence-corrected chi connectivity index (χ1v) is 5.05. The lowest BCUT2D eigenvalue weighted by molar-refractivity contribution is 0.514. The zero-order valence-electron chi connectivity index (χ0n) is 7.72. The van der Waals surface area contributed by atoms with E-state index in [0.29, 0.717) is 0 Å². The van der Waals surface area contributed by atoms with Crippen molar-refractivity contribution in [3.05, 3.63) is 16.1 Å². The molecule has 12 heavy (non-hydrogen) atoms. The molecule has 0 spiro atoms. The van der Waals surface area contributed by atoms with Gasteiger partial charge in [-0.1, -0.05) is 13.8 Å². The lowest BCUT2D eigenvalue weighted by Crippen LogP contribution is -2.25. The molecule has 1 aliphatic carbocycles. The molecule has 1 heterocycles. The van der Waals surface area contributed by atoms with Gasteiger partial charge in [0.15, 0.2) is 0 Å². The second-order valence-corrected chi connectivity index (χ2v) is 5.15. The Labute approximate surface area is 76.8 Å². The molecule has 1 atom stereocenters. The van der Waals surface area contributed by atoms with Crippen LogP contribution in [0, 0.1) is 12.3 Å². The van der Waals surface area contributed by atoms with Crippen LogP contribution in [0.4, 0.5) is 0 Å². The Morgan fingerprint density at radius 2 is 2.17 bits per heavy atom. The lowest BCUT2D eigenvalue weighted by atomic mass is 10.0. The van der Waals surface area contributed by atoms with Crippen LogP contribution >= 0.6 is 11.3 Å². The molecule has 2 rings (SSSR count). The van der Waals surface area contributed by atoms with Gasteiger partial charge < -0.3 is 5.73 Å². The van der Waals surface area contributed by atoms with Crippen molar-refractivity contribution in [3.63, 3.8) is 0 Å². The zero-order valence-corrected chi connectivity index (χ0v) is 8.53. The quantitative estimate of drug-likeness (QED) is 0.721. The molecule has 3 heteroatoms. The molecule has 1 fully saturated rings. The maximum atomic E-state index is 6.26. The van der Waals surface area contributed by atoms with Gasteiger partial charge in [0.25, 0.3) is 0 Å². The Bertz CT molecular complexity index is 316. The predicted octanol–water partition coefficient (Wildman–Crippen LogP) is 2.04. The summed E-state index contributed by atoms with van der Waals surface area (Å²) in [5.74, 6) is 0. The first kappa shape index (κ1) is 8.20. The third-order valence-corrected chi connectivity index (χ3v) is 4.06. The Balaban J connectivity index is 2.40. The van der Waals surface area contributed by atoms with Crippen molar-refractivity contribution in [2.45, 2.75) is 32.7 Å². The van der Waals surface area contributed by atoms with E-state index in [4.69, 9.17) is 5.73 Å². The summed E-state index contributed by atoms with van der Waals surface area (Å²) >= 11 is 1.69. The van der Waals surface area contributed by atoms with Crippen LogP contribution < -0.4 is 5.73 Å². The van der Waals surface area contributed by atoms with Crippen molar-refractivity contribution >= 4 is 11.3 Å². The van der Waals surface area contributed by atoms with Crippen LogP contribution in [0.1, 0.15) is 30.8 Å². The fourth-order valence-electron chi connectivity index (χ4n) is 1.77. The summed E-state index contributed by atoms with van der Waals surface area (Å²) in [4.78, 5) is 5.50. The average Bonchev–Trinajstić information content (AvgIpc) is 2.36. The number of thiazole rings is 1. The van der Waals surface area contributed by atoms with E-state index in [1.165, 1.54) is 4.88 Å². The van der Waals surface area contributed by atoms with Gasteiger partial charge in [0.2, 0.25) is 0 Å². The van der Waals surface area contributed by atoms with E-state index in [1.807, 2.05) is 12.4 Å². The number of hydrogen-bond acceptors (Lipinski definition) is 3. The Morgan fingerprint density at radius 3 is 2.50 bits per heavy atom. The van der Waals surface area contributed by atoms with E-state index >= 15 is 0 Å². The molecule has 0 radical (unpaired) electrons. The molecule has 1 unspecified atom stereocenters. The van der Waals surface area contributed by atoms with Crippen molar-refractivity contribution in [2.75, 3.05) is 0 Å². The topological polar surface area (TPSA) is 38.9 Å². The molecule has 1 aromatic rings. The minimum atomic E-state index is -0.0851. The molecule has 2 N–H and O–H groups in total. The highest BCUT2D eigenvalue weighted by molar-refractivity contribution is 7.10. The minimum Gasteiger partial charge on any atom is -0.320 e. The number of aromatic nitrogens is 1. The van der Waals surface area contributed by atoms with Crippen LogP contribution in [-0.2, 0) is 5.54 Å². The molecule has 1 aromatic heterocycles. The van der Waals surface area contributed by atoms with E-state index in [-0.39, 0.29) is 11.0 Å². The van der Waals surface area contributed by atoms with E-state index < -0.39 is 0 Å². The highest BCUT2D eigenvalue weighted by Gasteiger charge is 2.60. The van der Waals surface area contributed by atoms with Gasteiger partial charge in [-0.05, 0) is 18.8 Å². The predicted molar refractivity (Wildman–Crippen MR) is 51.1 cm³/mol. The summed E-state index contributed by atoms with van der Waals surface area (Å²) in [7, 11) is 0. The Hall–Kier alpha value is -0.410. The van der Waals surface area contributed by atoms with Gasteiger partial charge in [0.1, 0.15) is 0 Å². The van der Waals surface area contributed by atoms with Gasteiger partial charge in [-0.15, -0.1) is 11.3 Å². The van der Waals surface area contributed by atoms with Crippen molar-refractivity contribution in [3.8, 4) is 0 Å². The number of nitrogens with two attached hydrogens (primary N) is 1. The lowest BCUT2D eigenvalue weighted by Gasteiger charge is -2.13. The molecular formula is C9H14N2S. The average molecular weight is 182 g/mol. The molecule has 0 saturated heterocycles. The van der Waals surface area contributed by atoms with Crippen LogP contribution in [0.2, 0.25) is 0 Å². The highest BCUT2D eigenvalue weighted by Crippen LogP contribution is 2.61. The van der Waals surface area contributed by atoms with Crippen LogP contribution in [-0.4, -0.2) is 4.98 Å². The molecular weight excluding hydrogens is 168 g/mol. The zero-order chi connectivity index (χ0) is 8.98. The molecule has 1 saturated carbocycles. The largest absolute Gasteiger partial charge is 0.320 e. The summed E-state index contributed by atoms with van der Waals surface area (Å²) in [5.41, 5.74) is 9.43. The third kappa shape index (κ3) is 0.866. The molecule has 0 bridgehead atoms. The number of hydrogen-bond donors (Lipinski definition) is 1. The van der Waals surface area contributed by atoms with Gasteiger partial charge in [-0.2, -0.15) is 0 Å². The smallest absolute Gasteiger partial charge is 0.0798 e. The van der Waals surface area contributed by atoms with Crippen molar-refractivity contribution < 1.29 is 0 Å². The number of aryl methyl sites for hydroxylation is 1. The third-order valence-electron chi connectivity index (χ3n) is 2.95. The maximum Gasteiger partial charge on any atom is 0.0798 e. The van der Waals surface area contributed by atoms with E-state index in [1.54, 1.807) is 11.3 Å². The molecule has 66 valence electrons. The SMILES string of the molecule is Cc1ncsc1C1(N)CC1(C)C. The first-order chi connectivity index (χ1) is 5.47. The molecule has 2 nitrogen and oxygen atoms in total. The second kappa shape index (κ2) is 2.09. The monoisotopic (exact) mass is 182 g/mol. The summed E-state index contributed by atoms with van der Waals surface area (Å²) in [6, 6.07) is 0. The van der Waals surface area contributed by atoms with Crippen LogP contribution in [0.5, 0.6) is 0 Å². The summed E-state index contributed by atoms with van der Waals surface area (Å²) < 4.78 is 0. The van der Waals surface area contributed by atoms with Gasteiger partial charge >= 0.3 is 0 Å². The van der Waals surface area contributed by atoms with Gasteiger partial charge in [-0.25, -0.2) is 4.98 Å². The van der Waals surface area contributed by atoms with Gasteiger partial charge in [-0.3, -0.25) is 0 Å². The number of nitrogens with zero attached hydrogens (tertiary/aromatic N) is 1. The fourth-order valence-corrected chi connectivity index (χ4v) is 2.87. The standard InChI is InChI=1S/C9H14N2S/c1-6-7(12-5-11-6)9(10)4-8(9,2)3/h5H,4,10H2,1-3H3. The minimum absolute atomic E-state index is 0.0851. The normalized spacial score (nSPS) is 32.0. The van der Waals surface area contributed by atoms with E-state index in [9.17, 15) is 0 Å². The van der Waals surface area contributed by atoms with Crippen molar-refractivity contribution in [2.24, 2.45) is 11.1 Å². The summed E-state index contributed by atoms with van der Waals surface area (Å²) in [6.45, 7) is 6.47. The highest BCUT2D eigenvalue weighted by atomic mass is 32.1. The molecule has 0 amide bonds. The van der Waals surface area contributed by atoms with Crippen LogP contribution in [0.25, 0.3) is 0 Å². The van der Waals surface area contributed by atoms with Crippen LogP contribution in [0.15, 0.2) is 5.51 Å². The molecule has 1 aliphatic rings. The van der Waals surface area contributed by atoms with Gasteiger partial charge in [0.05, 0.1) is 16.7 Å². The van der Waals surface area contributed by atoms with Crippen molar-refractivity contribution in [1.82, 2.24) is 4.98 Å². The molecule has 0 aromatic carbocycles. The van der Waals surface area contributed by atoms with E-state index in [0.717, 1.165) is 12.1 Å². The Morgan fingerprint density at radius 1 is 1.58 bits per heavy atom. The van der Waals surface area contributed by atoms with Crippen LogP contribution in [0.3, 0.4) is 0 Å².